The van der Waals surface area contributed by atoms with E-state index in [9.17, 15) is 0 Å². The molecule has 3 nitrogen and oxygen atoms in total. The fourth-order valence-electron chi connectivity index (χ4n) is 3.13. The second kappa shape index (κ2) is 9.33. The zero-order chi connectivity index (χ0) is 21.0. The maximum atomic E-state index is 6.24. The van der Waals surface area contributed by atoms with E-state index in [1.165, 1.54) is 16.7 Å². The molecule has 0 spiro atoms. The van der Waals surface area contributed by atoms with Gasteiger partial charge in [-0.15, -0.1) is 0 Å². The Kier molecular flexibility index (Phi) is 6.82. The lowest BCUT2D eigenvalue weighted by atomic mass is 10.1. The van der Waals surface area contributed by atoms with Crippen molar-refractivity contribution in [2.75, 3.05) is 0 Å². The van der Waals surface area contributed by atoms with Gasteiger partial charge >= 0.3 is 8.60 Å². The molecule has 0 aliphatic heterocycles. The molecule has 0 aliphatic rings. The van der Waals surface area contributed by atoms with E-state index in [1.54, 1.807) is 0 Å². The first kappa shape index (κ1) is 21.2. The van der Waals surface area contributed by atoms with Crippen LogP contribution in [0.4, 0.5) is 0 Å². The van der Waals surface area contributed by atoms with E-state index in [4.69, 9.17) is 13.6 Å². The maximum absolute atomic E-state index is 6.24. The lowest BCUT2D eigenvalue weighted by molar-refractivity contribution is 0.385. The van der Waals surface area contributed by atoms with Crippen LogP contribution in [-0.2, 0) is 6.42 Å². The summed E-state index contributed by atoms with van der Waals surface area (Å²) in [4.78, 5) is 0. The standard InChI is InChI=1S/C25H29O3P/c1-7-22-10-13-25(21(6)16-22)28-29(26-23-11-8-17(2)14-19(23)4)27-24-12-9-18(3)15-20(24)5/h8-16H,7H2,1-6H3. The molecule has 0 bridgehead atoms. The van der Waals surface area contributed by atoms with Gasteiger partial charge in [0.25, 0.3) is 0 Å². The van der Waals surface area contributed by atoms with Crippen LogP contribution in [0.15, 0.2) is 54.6 Å². The van der Waals surface area contributed by atoms with Crippen LogP contribution in [0.5, 0.6) is 17.2 Å². The molecule has 0 amide bonds. The molecule has 0 saturated carbocycles. The second-order valence-corrected chi connectivity index (χ2v) is 8.48. The molecule has 0 heterocycles. The zero-order valence-corrected chi connectivity index (χ0v) is 19.0. The first-order chi connectivity index (χ1) is 13.9. The fourth-order valence-corrected chi connectivity index (χ4v) is 4.34. The van der Waals surface area contributed by atoms with Crippen LogP contribution in [-0.4, -0.2) is 0 Å². The molecule has 3 rings (SSSR count). The molecule has 3 aromatic carbocycles. The highest BCUT2D eigenvalue weighted by Gasteiger charge is 2.22. The van der Waals surface area contributed by atoms with Crippen LogP contribution in [0.25, 0.3) is 0 Å². The molecule has 3 aromatic rings. The average Bonchev–Trinajstić information content (AvgIpc) is 2.67. The molecule has 4 heteroatoms. The maximum Gasteiger partial charge on any atom is 0.530 e. The Labute approximate surface area is 175 Å². The van der Waals surface area contributed by atoms with Gasteiger partial charge in [0.1, 0.15) is 17.2 Å². The van der Waals surface area contributed by atoms with Crippen molar-refractivity contribution in [3.8, 4) is 17.2 Å². The Morgan fingerprint density at radius 2 is 1.00 bits per heavy atom. The summed E-state index contributed by atoms with van der Waals surface area (Å²) in [5, 5.41) is 0. The van der Waals surface area contributed by atoms with Crippen LogP contribution in [0.3, 0.4) is 0 Å². The van der Waals surface area contributed by atoms with E-state index >= 15 is 0 Å². The Morgan fingerprint density at radius 1 is 0.586 bits per heavy atom. The number of aryl methyl sites for hydroxylation is 6. The monoisotopic (exact) mass is 408 g/mol. The SMILES string of the molecule is CCc1ccc(OP(Oc2ccc(C)cc2C)Oc2ccc(C)cc2C)c(C)c1. The van der Waals surface area contributed by atoms with Gasteiger partial charge in [-0.25, -0.2) is 0 Å². The summed E-state index contributed by atoms with van der Waals surface area (Å²) < 4.78 is 18.7. The largest absolute Gasteiger partial charge is 0.530 e. The summed E-state index contributed by atoms with van der Waals surface area (Å²) in [6.45, 7) is 12.4. The molecule has 0 atom stereocenters. The molecule has 0 fully saturated rings. The van der Waals surface area contributed by atoms with Crippen molar-refractivity contribution >= 4 is 8.60 Å². The molecular formula is C25H29O3P. The van der Waals surface area contributed by atoms with Crippen LogP contribution in [0.1, 0.15) is 40.3 Å². The van der Waals surface area contributed by atoms with E-state index < -0.39 is 8.60 Å². The number of hydrogen-bond donors (Lipinski definition) is 0. The van der Waals surface area contributed by atoms with Crippen LogP contribution in [0.2, 0.25) is 0 Å². The molecule has 0 radical (unpaired) electrons. The van der Waals surface area contributed by atoms with Crippen LogP contribution >= 0.6 is 8.60 Å². The summed E-state index contributed by atoms with van der Waals surface area (Å²) in [6, 6.07) is 18.5. The van der Waals surface area contributed by atoms with Crippen molar-refractivity contribution in [1.82, 2.24) is 0 Å². The highest BCUT2D eigenvalue weighted by molar-refractivity contribution is 7.43. The van der Waals surface area contributed by atoms with Gasteiger partial charge in [-0.2, -0.15) is 0 Å². The third-order valence-electron chi connectivity index (χ3n) is 4.83. The van der Waals surface area contributed by atoms with Gasteiger partial charge in [0, 0.05) is 0 Å². The van der Waals surface area contributed by atoms with Crippen molar-refractivity contribution in [2.45, 2.75) is 48.0 Å². The Hall–Kier alpha value is -2.51. The van der Waals surface area contributed by atoms with Crippen LogP contribution < -0.4 is 13.6 Å². The van der Waals surface area contributed by atoms with Gasteiger partial charge in [-0.3, -0.25) is 0 Å². The van der Waals surface area contributed by atoms with Gasteiger partial charge in [-0.05, 0) is 81.5 Å². The molecule has 29 heavy (non-hydrogen) atoms. The van der Waals surface area contributed by atoms with Gasteiger partial charge < -0.3 is 13.6 Å². The molecular weight excluding hydrogens is 379 g/mol. The first-order valence-corrected chi connectivity index (χ1v) is 11.0. The summed E-state index contributed by atoms with van der Waals surface area (Å²) in [7, 11) is -1.67. The number of rotatable bonds is 7. The van der Waals surface area contributed by atoms with Gasteiger partial charge in [0.2, 0.25) is 0 Å². The highest BCUT2D eigenvalue weighted by Crippen LogP contribution is 2.45. The van der Waals surface area contributed by atoms with Crippen molar-refractivity contribution in [1.29, 1.82) is 0 Å². The summed E-state index contributed by atoms with van der Waals surface area (Å²) >= 11 is 0. The molecule has 0 aromatic heterocycles. The summed E-state index contributed by atoms with van der Waals surface area (Å²) in [5.74, 6) is 2.33. The Balaban J connectivity index is 1.89. The van der Waals surface area contributed by atoms with Crippen molar-refractivity contribution in [2.24, 2.45) is 0 Å². The Morgan fingerprint density at radius 3 is 1.38 bits per heavy atom. The van der Waals surface area contributed by atoms with Crippen molar-refractivity contribution in [3.63, 3.8) is 0 Å². The van der Waals surface area contributed by atoms with Gasteiger partial charge in [-0.1, -0.05) is 54.4 Å². The zero-order valence-electron chi connectivity index (χ0n) is 18.1. The normalized spacial score (nSPS) is 10.9. The first-order valence-electron chi connectivity index (χ1n) is 9.93. The topological polar surface area (TPSA) is 27.7 Å². The van der Waals surface area contributed by atoms with E-state index in [1.807, 2.05) is 44.2 Å². The predicted molar refractivity (Wildman–Crippen MR) is 121 cm³/mol. The highest BCUT2D eigenvalue weighted by atomic mass is 31.2. The van der Waals surface area contributed by atoms with E-state index in [0.29, 0.717) is 0 Å². The van der Waals surface area contributed by atoms with Crippen molar-refractivity contribution < 1.29 is 13.6 Å². The predicted octanol–water partition coefficient (Wildman–Crippen LogP) is 7.55. The van der Waals surface area contributed by atoms with E-state index in [-0.39, 0.29) is 0 Å². The number of benzene rings is 3. The lowest BCUT2D eigenvalue weighted by Crippen LogP contribution is -2.05. The van der Waals surface area contributed by atoms with Gasteiger partial charge in [0.05, 0.1) is 0 Å². The Bertz CT molecular complexity index is 944. The van der Waals surface area contributed by atoms with Crippen molar-refractivity contribution in [3.05, 3.63) is 88.0 Å². The summed E-state index contributed by atoms with van der Waals surface area (Å²) in [6.07, 6.45) is 0.994. The molecule has 0 saturated heterocycles. The van der Waals surface area contributed by atoms with E-state index in [2.05, 4.69) is 52.0 Å². The van der Waals surface area contributed by atoms with E-state index in [0.717, 1.165) is 40.4 Å². The molecule has 0 aliphatic carbocycles. The average molecular weight is 408 g/mol. The third-order valence-corrected chi connectivity index (χ3v) is 5.86. The van der Waals surface area contributed by atoms with Gasteiger partial charge in [0.15, 0.2) is 0 Å². The molecule has 152 valence electrons. The van der Waals surface area contributed by atoms with Crippen LogP contribution in [0, 0.1) is 34.6 Å². The third kappa shape index (κ3) is 5.52. The number of hydrogen-bond acceptors (Lipinski definition) is 3. The minimum Gasteiger partial charge on any atom is -0.408 e. The quantitative estimate of drug-likeness (QED) is 0.378. The molecule has 0 N–H and O–H groups in total. The lowest BCUT2D eigenvalue weighted by Gasteiger charge is -2.21. The second-order valence-electron chi connectivity index (χ2n) is 7.49. The minimum atomic E-state index is -1.67. The summed E-state index contributed by atoms with van der Waals surface area (Å²) in [5.41, 5.74) is 6.87. The fraction of sp³-hybridized carbons (Fsp3) is 0.280. The minimum absolute atomic E-state index is 0.773. The molecule has 0 unspecified atom stereocenters. The smallest absolute Gasteiger partial charge is 0.408 e.